The summed E-state index contributed by atoms with van der Waals surface area (Å²) in [6, 6.07) is 23.1. The molecule has 214 valence electrons. The van der Waals surface area contributed by atoms with Crippen molar-refractivity contribution in [3.63, 3.8) is 0 Å². The normalized spacial score (nSPS) is 11.5. The molecule has 0 unspecified atom stereocenters. The molecule has 0 aliphatic rings. The van der Waals surface area contributed by atoms with Crippen LogP contribution in [0.4, 0.5) is 17.1 Å². The number of nitrogens with zero attached hydrogens (tertiary/aromatic N) is 1. The van der Waals surface area contributed by atoms with Gasteiger partial charge in [0, 0.05) is 10.7 Å². The van der Waals surface area contributed by atoms with Crippen LogP contribution in [-0.4, -0.2) is 36.4 Å². The molecule has 0 aromatic heterocycles. The summed E-state index contributed by atoms with van der Waals surface area (Å²) >= 11 is 6.12. The predicted octanol–water partition coefficient (Wildman–Crippen LogP) is 5.60. The molecule has 12 heteroatoms. The van der Waals surface area contributed by atoms with Crippen molar-refractivity contribution in [1.29, 1.82) is 0 Å². The van der Waals surface area contributed by atoms with Crippen molar-refractivity contribution in [1.82, 2.24) is 0 Å². The Bertz CT molecular complexity index is 1780. The van der Waals surface area contributed by atoms with E-state index in [0.29, 0.717) is 16.5 Å². The molecule has 4 rings (SSSR count). The Labute approximate surface area is 244 Å². The van der Waals surface area contributed by atoms with E-state index in [4.69, 9.17) is 16.3 Å². The minimum Gasteiger partial charge on any atom is -0.495 e. The number of carbonyl (C=O) groups is 1. The summed E-state index contributed by atoms with van der Waals surface area (Å²) in [7, 11) is -6.64. The minimum absolute atomic E-state index is 0.0168. The number of hydrogen-bond donors (Lipinski definition) is 2. The Morgan fingerprint density at radius 1 is 0.829 bits per heavy atom. The SMILES string of the molecule is COc1ccc(C)cc1NS(=O)(=O)c1ccc(NC(=O)CN(c2cccc(Cl)c2)S(=O)(=O)c2ccc(C)cc2)cc1. The van der Waals surface area contributed by atoms with Crippen LogP contribution in [0.2, 0.25) is 5.02 Å². The standard InChI is InChI=1S/C29H28ClN3O6S2/c1-20-7-12-26(13-8-20)41(37,38)33(24-6-4-5-22(30)18-24)19-29(34)31-23-10-14-25(15-11-23)40(35,36)32-27-17-21(2)9-16-28(27)39-3/h4-18,32H,19H2,1-3H3,(H,31,34). The lowest BCUT2D eigenvalue weighted by Crippen LogP contribution is -2.38. The number of carbonyl (C=O) groups excluding carboxylic acids is 1. The molecule has 0 aliphatic heterocycles. The van der Waals surface area contributed by atoms with Gasteiger partial charge in [-0.15, -0.1) is 0 Å². The van der Waals surface area contributed by atoms with Gasteiger partial charge in [0.25, 0.3) is 20.0 Å². The number of hydrogen-bond acceptors (Lipinski definition) is 6. The first-order valence-electron chi connectivity index (χ1n) is 12.3. The number of anilines is 3. The zero-order chi connectivity index (χ0) is 29.8. The lowest BCUT2D eigenvalue weighted by molar-refractivity contribution is -0.114. The third-order valence-electron chi connectivity index (χ3n) is 6.04. The van der Waals surface area contributed by atoms with Gasteiger partial charge in [0.1, 0.15) is 12.3 Å². The number of sulfonamides is 2. The van der Waals surface area contributed by atoms with E-state index in [1.807, 2.05) is 13.8 Å². The average Bonchev–Trinajstić information content (AvgIpc) is 2.92. The van der Waals surface area contributed by atoms with E-state index in [-0.39, 0.29) is 21.2 Å². The van der Waals surface area contributed by atoms with Crippen molar-refractivity contribution < 1.29 is 26.4 Å². The van der Waals surface area contributed by atoms with Crippen LogP contribution in [0.3, 0.4) is 0 Å². The van der Waals surface area contributed by atoms with Crippen LogP contribution in [0.25, 0.3) is 0 Å². The van der Waals surface area contributed by atoms with Gasteiger partial charge in [0.05, 0.1) is 28.3 Å². The highest BCUT2D eigenvalue weighted by Gasteiger charge is 2.27. The molecule has 0 spiro atoms. The van der Waals surface area contributed by atoms with E-state index in [1.165, 1.54) is 49.6 Å². The van der Waals surface area contributed by atoms with Crippen LogP contribution in [-0.2, 0) is 24.8 Å². The van der Waals surface area contributed by atoms with E-state index in [1.54, 1.807) is 48.5 Å². The fourth-order valence-electron chi connectivity index (χ4n) is 3.94. The number of halogens is 1. The maximum absolute atomic E-state index is 13.5. The Morgan fingerprint density at radius 3 is 2.10 bits per heavy atom. The molecule has 0 heterocycles. The van der Waals surface area contributed by atoms with Gasteiger partial charge in [-0.25, -0.2) is 16.8 Å². The number of ether oxygens (including phenoxy) is 1. The van der Waals surface area contributed by atoms with Gasteiger partial charge in [-0.1, -0.05) is 41.4 Å². The molecule has 1 amide bonds. The smallest absolute Gasteiger partial charge is 0.264 e. The fourth-order valence-corrected chi connectivity index (χ4v) is 6.60. The summed E-state index contributed by atoms with van der Waals surface area (Å²) < 4.78 is 61.7. The molecule has 4 aromatic rings. The predicted molar refractivity (Wildman–Crippen MR) is 161 cm³/mol. The molecule has 0 fully saturated rings. The highest BCUT2D eigenvalue weighted by molar-refractivity contribution is 7.93. The van der Waals surface area contributed by atoms with E-state index in [2.05, 4.69) is 10.0 Å². The number of aryl methyl sites for hydroxylation is 2. The monoisotopic (exact) mass is 613 g/mol. The van der Waals surface area contributed by atoms with Gasteiger partial charge in [-0.05, 0) is 86.1 Å². The second kappa shape index (κ2) is 12.2. The summed E-state index contributed by atoms with van der Waals surface area (Å²) in [4.78, 5) is 13.0. The number of nitrogens with one attached hydrogen (secondary N) is 2. The first-order chi connectivity index (χ1) is 19.4. The van der Waals surface area contributed by atoms with Crippen molar-refractivity contribution >= 4 is 54.6 Å². The third kappa shape index (κ3) is 7.18. The topological polar surface area (TPSA) is 122 Å². The van der Waals surface area contributed by atoms with Gasteiger partial charge < -0.3 is 10.1 Å². The molecule has 4 aromatic carbocycles. The molecule has 41 heavy (non-hydrogen) atoms. The summed E-state index contributed by atoms with van der Waals surface area (Å²) in [6.07, 6.45) is 0. The molecule has 9 nitrogen and oxygen atoms in total. The first kappa shape index (κ1) is 29.9. The highest BCUT2D eigenvalue weighted by Crippen LogP contribution is 2.29. The Balaban J connectivity index is 1.54. The van der Waals surface area contributed by atoms with Gasteiger partial charge >= 0.3 is 0 Å². The molecule has 0 atom stereocenters. The Morgan fingerprint density at radius 2 is 1.46 bits per heavy atom. The number of rotatable bonds is 10. The van der Waals surface area contributed by atoms with Crippen molar-refractivity contribution in [3.8, 4) is 5.75 Å². The van der Waals surface area contributed by atoms with E-state index >= 15 is 0 Å². The van der Waals surface area contributed by atoms with Crippen LogP contribution in [0.15, 0.2) is 101 Å². The molecule has 2 N–H and O–H groups in total. The lowest BCUT2D eigenvalue weighted by Gasteiger charge is -2.24. The quantitative estimate of drug-likeness (QED) is 0.240. The summed E-state index contributed by atoms with van der Waals surface area (Å²) in [6.45, 7) is 3.12. The molecule has 0 saturated heterocycles. The minimum atomic E-state index is -4.12. The van der Waals surface area contributed by atoms with Crippen molar-refractivity contribution in [2.75, 3.05) is 28.0 Å². The fraction of sp³-hybridized carbons (Fsp3) is 0.138. The van der Waals surface area contributed by atoms with Crippen LogP contribution in [0.1, 0.15) is 11.1 Å². The maximum atomic E-state index is 13.5. The summed E-state index contributed by atoms with van der Waals surface area (Å²) in [5.41, 5.74) is 2.52. The molecular formula is C29H28ClN3O6S2. The van der Waals surface area contributed by atoms with E-state index < -0.39 is 32.5 Å². The van der Waals surface area contributed by atoms with Gasteiger partial charge in [0.15, 0.2) is 0 Å². The Kier molecular flexibility index (Phi) is 8.91. The van der Waals surface area contributed by atoms with Crippen LogP contribution in [0, 0.1) is 13.8 Å². The largest absolute Gasteiger partial charge is 0.495 e. The van der Waals surface area contributed by atoms with Gasteiger partial charge in [-0.3, -0.25) is 13.8 Å². The number of amides is 1. The molecule has 0 aliphatic carbocycles. The first-order valence-corrected chi connectivity index (χ1v) is 15.6. The molecular weight excluding hydrogens is 586 g/mol. The third-order valence-corrected chi connectivity index (χ3v) is 9.44. The zero-order valence-electron chi connectivity index (χ0n) is 22.5. The Hall–Kier alpha value is -4.06. The van der Waals surface area contributed by atoms with E-state index in [9.17, 15) is 21.6 Å². The van der Waals surface area contributed by atoms with Gasteiger partial charge in [0.2, 0.25) is 5.91 Å². The van der Waals surface area contributed by atoms with Crippen LogP contribution in [0.5, 0.6) is 5.75 Å². The van der Waals surface area contributed by atoms with Crippen LogP contribution >= 0.6 is 11.6 Å². The maximum Gasteiger partial charge on any atom is 0.264 e. The lowest BCUT2D eigenvalue weighted by atomic mass is 10.2. The molecule has 0 saturated carbocycles. The summed E-state index contributed by atoms with van der Waals surface area (Å²) in [5.74, 6) is -0.271. The zero-order valence-corrected chi connectivity index (χ0v) is 24.8. The molecule has 0 radical (unpaired) electrons. The second-order valence-electron chi connectivity index (χ2n) is 9.19. The molecule has 0 bridgehead atoms. The van der Waals surface area contributed by atoms with Crippen molar-refractivity contribution in [3.05, 3.63) is 107 Å². The second-order valence-corrected chi connectivity index (χ2v) is 13.2. The highest BCUT2D eigenvalue weighted by atomic mass is 35.5. The number of benzene rings is 4. The van der Waals surface area contributed by atoms with E-state index in [0.717, 1.165) is 15.4 Å². The average molecular weight is 614 g/mol. The van der Waals surface area contributed by atoms with Crippen molar-refractivity contribution in [2.45, 2.75) is 23.6 Å². The van der Waals surface area contributed by atoms with Crippen LogP contribution < -0.4 is 19.1 Å². The van der Waals surface area contributed by atoms with Crippen molar-refractivity contribution in [2.24, 2.45) is 0 Å². The van der Waals surface area contributed by atoms with Gasteiger partial charge in [-0.2, -0.15) is 0 Å². The summed E-state index contributed by atoms with van der Waals surface area (Å²) in [5, 5.41) is 2.94. The number of methoxy groups -OCH3 is 1.